The minimum atomic E-state index is -1.07. The summed E-state index contributed by atoms with van der Waals surface area (Å²) < 4.78 is 4.81. The van der Waals surface area contributed by atoms with E-state index in [4.69, 9.17) is 4.74 Å². The standard InChI is InChI=1S/C23H31N5O5/c1-15(2)12-24-21(29)13-27-6-8-28(9-7-27)20-11-18(23(31)32)17-10-16(4-5-19(17)26-20)25-22(30)14-33-3/h4-5,10-11,15H,6-9,12-14H2,1-3H3,(H,24,29)(H,25,30)(H,31,32). The predicted molar refractivity (Wildman–Crippen MR) is 126 cm³/mol. The summed E-state index contributed by atoms with van der Waals surface area (Å²) >= 11 is 0. The Morgan fingerprint density at radius 2 is 1.85 bits per heavy atom. The van der Waals surface area contributed by atoms with Gasteiger partial charge in [0, 0.05) is 50.9 Å². The lowest BCUT2D eigenvalue weighted by Crippen LogP contribution is -2.50. The minimum Gasteiger partial charge on any atom is -0.478 e. The second kappa shape index (κ2) is 11.1. The number of hydrogen-bond acceptors (Lipinski definition) is 7. The predicted octanol–water partition coefficient (Wildman–Crippen LogP) is 1.41. The van der Waals surface area contributed by atoms with Crippen LogP contribution in [-0.4, -0.2) is 85.8 Å². The number of carbonyl (C=O) groups is 3. The third-order valence-electron chi connectivity index (χ3n) is 5.36. The number of nitrogens with zero attached hydrogens (tertiary/aromatic N) is 3. The molecule has 1 saturated heterocycles. The molecule has 2 heterocycles. The van der Waals surface area contributed by atoms with Gasteiger partial charge in [-0.2, -0.15) is 0 Å². The number of anilines is 2. The van der Waals surface area contributed by atoms with Crippen molar-refractivity contribution in [3.8, 4) is 0 Å². The van der Waals surface area contributed by atoms with Gasteiger partial charge < -0.3 is 25.4 Å². The van der Waals surface area contributed by atoms with Crippen molar-refractivity contribution in [2.24, 2.45) is 5.92 Å². The zero-order valence-corrected chi connectivity index (χ0v) is 19.3. The summed E-state index contributed by atoms with van der Waals surface area (Å²) in [6, 6.07) is 6.56. The molecule has 3 rings (SSSR count). The Morgan fingerprint density at radius 1 is 1.12 bits per heavy atom. The molecule has 10 nitrogen and oxygen atoms in total. The van der Waals surface area contributed by atoms with Gasteiger partial charge in [0.15, 0.2) is 0 Å². The first-order valence-corrected chi connectivity index (χ1v) is 11.0. The zero-order chi connectivity index (χ0) is 24.0. The van der Waals surface area contributed by atoms with Crippen LogP contribution in [0.5, 0.6) is 0 Å². The molecule has 2 amide bonds. The molecule has 2 aromatic rings. The fourth-order valence-corrected chi connectivity index (χ4v) is 3.67. The van der Waals surface area contributed by atoms with E-state index in [2.05, 4.69) is 34.4 Å². The van der Waals surface area contributed by atoms with Crippen LogP contribution in [0.1, 0.15) is 24.2 Å². The van der Waals surface area contributed by atoms with Crippen LogP contribution in [0.3, 0.4) is 0 Å². The largest absolute Gasteiger partial charge is 0.478 e. The average molecular weight is 458 g/mol. The van der Waals surface area contributed by atoms with Gasteiger partial charge in [-0.05, 0) is 30.2 Å². The van der Waals surface area contributed by atoms with Crippen LogP contribution in [0.4, 0.5) is 11.5 Å². The van der Waals surface area contributed by atoms with Crippen LogP contribution in [0, 0.1) is 5.92 Å². The Balaban J connectivity index is 1.72. The van der Waals surface area contributed by atoms with Crippen molar-refractivity contribution in [3.05, 3.63) is 29.8 Å². The Hall–Kier alpha value is -3.24. The van der Waals surface area contributed by atoms with E-state index in [9.17, 15) is 19.5 Å². The number of piperazine rings is 1. The Morgan fingerprint density at radius 3 is 2.48 bits per heavy atom. The highest BCUT2D eigenvalue weighted by atomic mass is 16.5. The third-order valence-corrected chi connectivity index (χ3v) is 5.36. The van der Waals surface area contributed by atoms with Crippen molar-refractivity contribution in [3.63, 3.8) is 0 Å². The number of carboxylic acids is 1. The van der Waals surface area contributed by atoms with Gasteiger partial charge >= 0.3 is 5.97 Å². The van der Waals surface area contributed by atoms with Crippen molar-refractivity contribution in [1.29, 1.82) is 0 Å². The monoisotopic (exact) mass is 457 g/mol. The lowest BCUT2D eigenvalue weighted by Gasteiger charge is -2.35. The molecular formula is C23H31N5O5. The maximum absolute atomic E-state index is 12.1. The van der Waals surface area contributed by atoms with Crippen molar-refractivity contribution in [1.82, 2.24) is 15.2 Å². The number of carboxylic acid groups (broad SMARTS) is 1. The first-order valence-electron chi connectivity index (χ1n) is 11.0. The number of aromatic nitrogens is 1. The number of hydrogen-bond donors (Lipinski definition) is 3. The molecule has 0 spiro atoms. The smallest absolute Gasteiger partial charge is 0.336 e. The number of amides is 2. The normalized spacial score (nSPS) is 14.5. The van der Waals surface area contributed by atoms with E-state index in [0.717, 1.165) is 0 Å². The van der Waals surface area contributed by atoms with E-state index in [-0.39, 0.29) is 24.0 Å². The lowest BCUT2D eigenvalue weighted by atomic mass is 10.1. The van der Waals surface area contributed by atoms with Crippen molar-refractivity contribution in [2.75, 3.05) is 63.2 Å². The second-order valence-corrected chi connectivity index (χ2v) is 8.51. The van der Waals surface area contributed by atoms with Crippen molar-refractivity contribution >= 4 is 40.2 Å². The Bertz CT molecular complexity index is 1020. The molecule has 0 unspecified atom stereocenters. The molecule has 1 aromatic carbocycles. The van der Waals surface area contributed by atoms with E-state index in [1.165, 1.54) is 7.11 Å². The summed E-state index contributed by atoms with van der Waals surface area (Å²) in [5, 5.41) is 15.8. The van der Waals surface area contributed by atoms with Gasteiger partial charge in [-0.25, -0.2) is 9.78 Å². The number of fused-ring (bicyclic) bond motifs is 1. The fourth-order valence-electron chi connectivity index (χ4n) is 3.67. The first-order chi connectivity index (χ1) is 15.8. The van der Waals surface area contributed by atoms with Crippen LogP contribution in [0.15, 0.2) is 24.3 Å². The molecule has 178 valence electrons. The summed E-state index contributed by atoms with van der Waals surface area (Å²) in [6.07, 6.45) is 0. The molecule has 0 bridgehead atoms. The third kappa shape index (κ3) is 6.62. The quantitative estimate of drug-likeness (QED) is 0.516. The minimum absolute atomic E-state index is 0.0162. The Kier molecular flexibility index (Phi) is 8.18. The first kappa shape index (κ1) is 24.4. The number of aromatic carboxylic acids is 1. The number of benzene rings is 1. The fraction of sp³-hybridized carbons (Fsp3) is 0.478. The number of methoxy groups -OCH3 is 1. The van der Waals surface area contributed by atoms with Crippen molar-refractivity contribution in [2.45, 2.75) is 13.8 Å². The van der Waals surface area contributed by atoms with E-state index in [1.54, 1.807) is 24.3 Å². The molecule has 33 heavy (non-hydrogen) atoms. The highest BCUT2D eigenvalue weighted by Crippen LogP contribution is 2.26. The lowest BCUT2D eigenvalue weighted by molar-refractivity contribution is -0.122. The number of carbonyl (C=O) groups excluding carboxylic acids is 2. The maximum atomic E-state index is 12.1. The molecule has 1 aliphatic rings. The van der Waals surface area contributed by atoms with E-state index >= 15 is 0 Å². The molecule has 1 aliphatic heterocycles. The number of ether oxygens (including phenoxy) is 1. The van der Waals surface area contributed by atoms with Gasteiger partial charge in [-0.15, -0.1) is 0 Å². The highest BCUT2D eigenvalue weighted by Gasteiger charge is 2.22. The summed E-state index contributed by atoms with van der Waals surface area (Å²) in [5.41, 5.74) is 1.13. The molecule has 0 atom stereocenters. The summed E-state index contributed by atoms with van der Waals surface area (Å²) in [4.78, 5) is 44.6. The molecule has 1 aromatic heterocycles. The van der Waals surface area contributed by atoms with Gasteiger partial charge in [-0.1, -0.05) is 13.8 Å². The number of rotatable bonds is 9. The maximum Gasteiger partial charge on any atom is 0.336 e. The molecule has 1 fully saturated rings. The van der Waals surface area contributed by atoms with Crippen LogP contribution in [0.25, 0.3) is 10.9 Å². The Labute approximate surface area is 192 Å². The summed E-state index contributed by atoms with van der Waals surface area (Å²) in [7, 11) is 1.43. The SMILES string of the molecule is COCC(=O)Nc1ccc2nc(N3CCN(CC(=O)NCC(C)C)CC3)cc(C(=O)O)c2c1. The number of nitrogens with one attached hydrogen (secondary N) is 2. The van der Waals surface area contributed by atoms with Gasteiger partial charge in [0.2, 0.25) is 11.8 Å². The molecule has 0 radical (unpaired) electrons. The summed E-state index contributed by atoms with van der Waals surface area (Å²) in [6.45, 7) is 7.67. The van der Waals surface area contributed by atoms with Gasteiger partial charge in [0.1, 0.15) is 12.4 Å². The van der Waals surface area contributed by atoms with Crippen molar-refractivity contribution < 1.29 is 24.2 Å². The van der Waals surface area contributed by atoms with Crippen LogP contribution >= 0.6 is 0 Å². The second-order valence-electron chi connectivity index (χ2n) is 8.51. The molecular weight excluding hydrogens is 426 g/mol. The zero-order valence-electron chi connectivity index (χ0n) is 19.3. The average Bonchev–Trinajstić information content (AvgIpc) is 2.77. The van der Waals surface area contributed by atoms with Gasteiger partial charge in [0.25, 0.3) is 0 Å². The van der Waals surface area contributed by atoms with Gasteiger partial charge in [0.05, 0.1) is 17.6 Å². The summed E-state index contributed by atoms with van der Waals surface area (Å²) in [5.74, 6) is -0.382. The topological polar surface area (TPSA) is 124 Å². The molecule has 10 heteroatoms. The van der Waals surface area contributed by atoms with E-state index < -0.39 is 5.97 Å². The van der Waals surface area contributed by atoms with Gasteiger partial charge in [-0.3, -0.25) is 14.5 Å². The van der Waals surface area contributed by atoms with Crippen LogP contribution < -0.4 is 15.5 Å². The van der Waals surface area contributed by atoms with E-state index in [1.807, 2.05) is 4.90 Å². The highest BCUT2D eigenvalue weighted by molar-refractivity contribution is 6.05. The van der Waals surface area contributed by atoms with E-state index in [0.29, 0.717) is 67.6 Å². The van der Waals surface area contributed by atoms with Crippen LogP contribution in [0.2, 0.25) is 0 Å². The molecule has 0 saturated carbocycles. The van der Waals surface area contributed by atoms with Crippen LogP contribution in [-0.2, 0) is 14.3 Å². The molecule has 3 N–H and O–H groups in total. The number of pyridine rings is 1. The molecule has 0 aliphatic carbocycles.